The second kappa shape index (κ2) is 3.22. The molecule has 0 heterocycles. The molecule has 0 aliphatic heterocycles. The monoisotopic (exact) mass is 257 g/mol. The molecule has 0 aromatic heterocycles. The lowest BCUT2D eigenvalue weighted by Gasteiger charge is -2.02. The summed E-state index contributed by atoms with van der Waals surface area (Å²) in [6.45, 7) is 4.00. The molecule has 0 fully saturated rings. The summed E-state index contributed by atoms with van der Waals surface area (Å²) in [5.41, 5.74) is 3.09. The third-order valence-corrected chi connectivity index (χ3v) is 2.70. The van der Waals surface area contributed by atoms with Crippen molar-refractivity contribution in [1.82, 2.24) is 0 Å². The van der Waals surface area contributed by atoms with Gasteiger partial charge in [0, 0.05) is 3.57 Å². The van der Waals surface area contributed by atoms with Gasteiger partial charge in [0.2, 0.25) is 0 Å². The Morgan fingerprint density at radius 3 is 2.45 bits per heavy atom. The van der Waals surface area contributed by atoms with Crippen molar-refractivity contribution in [2.75, 3.05) is 0 Å². The molecule has 1 aromatic carbocycles. The highest BCUT2D eigenvalue weighted by Gasteiger charge is 2.03. The van der Waals surface area contributed by atoms with Crippen LogP contribution in [0.2, 0.25) is 0 Å². The molecule has 1 aromatic rings. The van der Waals surface area contributed by atoms with E-state index in [1.165, 1.54) is 5.56 Å². The molecule has 0 aliphatic carbocycles. The Hall–Kier alpha value is -0.560. The van der Waals surface area contributed by atoms with Gasteiger partial charge >= 0.3 is 0 Å². The van der Waals surface area contributed by atoms with Gasteiger partial charge in [-0.15, -0.1) is 0 Å². The fourth-order valence-corrected chi connectivity index (χ4v) is 1.62. The lowest BCUT2D eigenvalue weighted by molar-refractivity contribution is 1.29. The predicted molar refractivity (Wildman–Crippen MR) is 53.3 cm³/mol. The van der Waals surface area contributed by atoms with Crippen LogP contribution >= 0.6 is 22.6 Å². The fourth-order valence-electron chi connectivity index (χ4n) is 0.920. The van der Waals surface area contributed by atoms with Crippen LogP contribution in [-0.4, -0.2) is 0 Å². The average Bonchev–Trinajstić information content (AvgIpc) is 1.99. The Bertz CT molecular complexity index is 323. The van der Waals surface area contributed by atoms with E-state index >= 15 is 0 Å². The summed E-state index contributed by atoms with van der Waals surface area (Å²) in [5, 5.41) is 8.77. The average molecular weight is 257 g/mol. The highest BCUT2D eigenvalue weighted by atomic mass is 127. The number of halogens is 1. The summed E-state index contributed by atoms with van der Waals surface area (Å²) >= 11 is 2.18. The lowest BCUT2D eigenvalue weighted by Crippen LogP contribution is -1.89. The maximum absolute atomic E-state index is 8.77. The van der Waals surface area contributed by atoms with Crippen LogP contribution < -0.4 is 0 Å². The molecule has 0 spiro atoms. The molecule has 0 N–H and O–H groups in total. The maximum Gasteiger partial charge on any atom is 0.101 e. The zero-order valence-corrected chi connectivity index (χ0v) is 8.64. The number of hydrogen-bond acceptors (Lipinski definition) is 1. The molecule has 0 saturated carbocycles. The molecule has 1 rings (SSSR count). The topological polar surface area (TPSA) is 23.8 Å². The summed E-state index contributed by atoms with van der Waals surface area (Å²) in [5.74, 6) is 0. The van der Waals surface area contributed by atoms with Crippen molar-refractivity contribution in [3.8, 4) is 6.07 Å². The van der Waals surface area contributed by atoms with Crippen LogP contribution in [0.1, 0.15) is 16.7 Å². The molecule has 1 nitrogen and oxygen atoms in total. The number of nitriles is 1. The summed E-state index contributed by atoms with van der Waals surface area (Å²) in [6, 6.07) is 6.21. The van der Waals surface area contributed by atoms with Crippen molar-refractivity contribution in [1.29, 1.82) is 5.26 Å². The van der Waals surface area contributed by atoms with E-state index in [1.54, 1.807) is 0 Å². The van der Waals surface area contributed by atoms with Crippen LogP contribution in [0.3, 0.4) is 0 Å². The van der Waals surface area contributed by atoms with Gasteiger partial charge in [0.05, 0.1) is 5.56 Å². The predicted octanol–water partition coefficient (Wildman–Crippen LogP) is 2.78. The molecule has 0 saturated heterocycles. The van der Waals surface area contributed by atoms with E-state index < -0.39 is 0 Å². The van der Waals surface area contributed by atoms with Crippen LogP contribution in [0.5, 0.6) is 0 Å². The summed E-state index contributed by atoms with van der Waals surface area (Å²) in [6.07, 6.45) is 0. The van der Waals surface area contributed by atoms with Gasteiger partial charge in [-0.2, -0.15) is 5.26 Å². The molecule has 0 amide bonds. The second-order valence-corrected chi connectivity index (χ2v) is 3.64. The van der Waals surface area contributed by atoms with E-state index in [1.807, 2.05) is 26.0 Å². The highest BCUT2D eigenvalue weighted by Crippen LogP contribution is 2.18. The summed E-state index contributed by atoms with van der Waals surface area (Å²) in [4.78, 5) is 0. The zero-order chi connectivity index (χ0) is 8.43. The SMILES string of the molecule is Cc1ccc(I)c(C#N)c1C. The van der Waals surface area contributed by atoms with E-state index in [-0.39, 0.29) is 0 Å². The number of rotatable bonds is 0. The minimum absolute atomic E-state index is 0.811. The number of benzene rings is 1. The molecule has 0 radical (unpaired) electrons. The van der Waals surface area contributed by atoms with Gasteiger partial charge in [0.1, 0.15) is 6.07 Å². The number of hydrogen-bond donors (Lipinski definition) is 0. The van der Waals surface area contributed by atoms with Gasteiger partial charge in [0.25, 0.3) is 0 Å². The van der Waals surface area contributed by atoms with Crippen molar-refractivity contribution < 1.29 is 0 Å². The van der Waals surface area contributed by atoms with E-state index in [4.69, 9.17) is 5.26 Å². The van der Waals surface area contributed by atoms with Gasteiger partial charge < -0.3 is 0 Å². The van der Waals surface area contributed by atoms with Crippen molar-refractivity contribution in [3.05, 3.63) is 32.4 Å². The molecule has 0 unspecified atom stereocenters. The molecule has 11 heavy (non-hydrogen) atoms. The zero-order valence-electron chi connectivity index (χ0n) is 6.48. The molecule has 56 valence electrons. The van der Waals surface area contributed by atoms with E-state index in [9.17, 15) is 0 Å². The van der Waals surface area contributed by atoms with Crippen LogP contribution in [0.25, 0.3) is 0 Å². The Morgan fingerprint density at radius 1 is 1.36 bits per heavy atom. The molecule has 0 atom stereocenters. The van der Waals surface area contributed by atoms with Crippen molar-refractivity contribution >= 4 is 22.6 Å². The van der Waals surface area contributed by atoms with Crippen molar-refractivity contribution in [2.45, 2.75) is 13.8 Å². The summed E-state index contributed by atoms with van der Waals surface area (Å²) in [7, 11) is 0. The first-order valence-corrected chi connectivity index (χ1v) is 4.40. The third-order valence-electron chi connectivity index (χ3n) is 1.80. The quantitative estimate of drug-likeness (QED) is 0.655. The van der Waals surface area contributed by atoms with Crippen LogP contribution in [-0.2, 0) is 0 Å². The van der Waals surface area contributed by atoms with Crippen molar-refractivity contribution in [3.63, 3.8) is 0 Å². The van der Waals surface area contributed by atoms with Gasteiger partial charge in [-0.05, 0) is 53.6 Å². The minimum atomic E-state index is 0.811. The normalized spacial score (nSPS) is 9.27. The molecular weight excluding hydrogens is 249 g/mol. The van der Waals surface area contributed by atoms with Gasteiger partial charge in [-0.3, -0.25) is 0 Å². The van der Waals surface area contributed by atoms with E-state index in [2.05, 4.69) is 28.7 Å². The minimum Gasteiger partial charge on any atom is -0.192 e. The number of aryl methyl sites for hydroxylation is 1. The standard InChI is InChI=1S/C9H8IN/c1-6-3-4-9(10)8(5-11)7(6)2/h3-4H,1-2H3. The largest absolute Gasteiger partial charge is 0.192 e. The molecule has 0 bridgehead atoms. The Balaban J connectivity index is 3.44. The summed E-state index contributed by atoms with van der Waals surface area (Å²) < 4.78 is 1.04. The molecule has 0 aliphatic rings. The van der Waals surface area contributed by atoms with Crippen LogP contribution in [0.4, 0.5) is 0 Å². The first kappa shape index (κ1) is 8.54. The first-order valence-electron chi connectivity index (χ1n) is 3.32. The van der Waals surface area contributed by atoms with Crippen LogP contribution in [0.15, 0.2) is 12.1 Å². The van der Waals surface area contributed by atoms with E-state index in [0.29, 0.717) is 0 Å². The highest BCUT2D eigenvalue weighted by molar-refractivity contribution is 14.1. The maximum atomic E-state index is 8.77. The Kier molecular flexibility index (Phi) is 2.50. The van der Waals surface area contributed by atoms with Crippen LogP contribution in [0, 0.1) is 28.7 Å². The molecular formula is C9H8IN. The Morgan fingerprint density at radius 2 is 2.00 bits per heavy atom. The molecule has 2 heteroatoms. The van der Waals surface area contributed by atoms with Gasteiger partial charge in [0.15, 0.2) is 0 Å². The Labute approximate surface area is 80.2 Å². The van der Waals surface area contributed by atoms with Crippen molar-refractivity contribution in [2.24, 2.45) is 0 Å². The van der Waals surface area contributed by atoms with Gasteiger partial charge in [-0.1, -0.05) is 6.07 Å². The van der Waals surface area contributed by atoms with E-state index in [0.717, 1.165) is 14.7 Å². The fraction of sp³-hybridized carbons (Fsp3) is 0.222. The third kappa shape index (κ3) is 1.54. The second-order valence-electron chi connectivity index (χ2n) is 2.48. The van der Waals surface area contributed by atoms with Gasteiger partial charge in [-0.25, -0.2) is 0 Å². The lowest BCUT2D eigenvalue weighted by atomic mass is 10.1. The first-order chi connectivity index (χ1) is 5.16. The smallest absolute Gasteiger partial charge is 0.101 e. The number of nitrogens with zero attached hydrogens (tertiary/aromatic N) is 1.